The first-order valence-electron chi connectivity index (χ1n) is 9.62. The van der Waals surface area contributed by atoms with Gasteiger partial charge in [0.1, 0.15) is 5.82 Å². The van der Waals surface area contributed by atoms with E-state index in [0.717, 1.165) is 16.9 Å². The summed E-state index contributed by atoms with van der Waals surface area (Å²) in [7, 11) is -1.34. The number of carbonyl (C=O) groups is 1. The van der Waals surface area contributed by atoms with Crippen molar-refractivity contribution in [3.63, 3.8) is 0 Å². The van der Waals surface area contributed by atoms with Gasteiger partial charge in [0.15, 0.2) is 5.78 Å². The first kappa shape index (κ1) is 19.4. The summed E-state index contributed by atoms with van der Waals surface area (Å²) in [5.74, 6) is 0.663. The third-order valence-electron chi connectivity index (χ3n) is 5.40. The molecule has 0 heterocycles. The van der Waals surface area contributed by atoms with E-state index in [2.05, 4.69) is 54.8 Å². The maximum atomic E-state index is 13.3. The summed E-state index contributed by atoms with van der Waals surface area (Å²) in [6, 6.07) is 27.4. The zero-order valence-corrected chi connectivity index (χ0v) is 17.1. The molecule has 0 aromatic heterocycles. The van der Waals surface area contributed by atoms with Crippen molar-refractivity contribution in [3.8, 4) is 0 Å². The first-order valence-corrected chi connectivity index (χ1v) is 11.8. The Morgan fingerprint density at radius 1 is 0.862 bits per heavy atom. The van der Waals surface area contributed by atoms with Crippen LogP contribution in [-0.4, -0.2) is 17.8 Å². The smallest absolute Gasteiger partial charge is 0.182 e. The number of benzene rings is 3. The standard InChI is InChI=1S/C26H23FOS/c1-29(23-8-4-2-5-9-23,24-10-6-3-7-11-24)19-21-14-17-26(28)25(21)18-20-12-15-22(27)16-13-20/h2-18,21H,19H2,1H3/b25-18-. The largest absolute Gasteiger partial charge is 0.290 e. The fraction of sp³-hybridized carbons (Fsp3) is 0.115. The molecule has 0 fully saturated rings. The van der Waals surface area contributed by atoms with Crippen molar-refractivity contribution in [1.29, 1.82) is 0 Å². The lowest BCUT2D eigenvalue weighted by Gasteiger charge is -2.39. The van der Waals surface area contributed by atoms with Gasteiger partial charge in [-0.2, -0.15) is 10.0 Å². The van der Waals surface area contributed by atoms with Crippen LogP contribution in [0, 0.1) is 11.7 Å². The molecule has 4 rings (SSSR count). The Morgan fingerprint density at radius 2 is 1.41 bits per heavy atom. The van der Waals surface area contributed by atoms with Crippen molar-refractivity contribution in [3.05, 3.63) is 114 Å². The van der Waals surface area contributed by atoms with Crippen LogP contribution in [0.2, 0.25) is 0 Å². The van der Waals surface area contributed by atoms with Gasteiger partial charge in [-0.25, -0.2) is 4.39 Å². The summed E-state index contributed by atoms with van der Waals surface area (Å²) in [6.07, 6.45) is 7.93. The topological polar surface area (TPSA) is 17.1 Å². The van der Waals surface area contributed by atoms with Gasteiger partial charge >= 0.3 is 0 Å². The zero-order valence-electron chi connectivity index (χ0n) is 16.3. The van der Waals surface area contributed by atoms with Gasteiger partial charge in [0.25, 0.3) is 0 Å². The Balaban J connectivity index is 1.72. The van der Waals surface area contributed by atoms with E-state index in [1.54, 1.807) is 18.2 Å². The van der Waals surface area contributed by atoms with Gasteiger partial charge in [-0.05, 0) is 75.9 Å². The van der Waals surface area contributed by atoms with Gasteiger partial charge in [0, 0.05) is 11.5 Å². The Morgan fingerprint density at radius 3 is 1.97 bits per heavy atom. The van der Waals surface area contributed by atoms with Crippen molar-refractivity contribution in [2.24, 2.45) is 5.92 Å². The molecule has 0 spiro atoms. The monoisotopic (exact) mass is 402 g/mol. The molecule has 1 nitrogen and oxygen atoms in total. The second kappa shape index (κ2) is 8.22. The normalized spacial score (nSPS) is 18.3. The number of halogens is 1. The molecule has 3 heteroatoms. The minimum absolute atomic E-state index is 0.0352. The molecular weight excluding hydrogens is 379 g/mol. The Hall–Kier alpha value is -2.91. The third kappa shape index (κ3) is 4.10. The lowest BCUT2D eigenvalue weighted by Crippen LogP contribution is -2.15. The molecule has 0 bridgehead atoms. The number of carbonyl (C=O) groups excluding carboxylic acids is 1. The number of hydrogen-bond donors (Lipinski definition) is 0. The number of rotatable bonds is 5. The lowest BCUT2D eigenvalue weighted by atomic mass is 10.0. The summed E-state index contributed by atoms with van der Waals surface area (Å²) in [5.41, 5.74) is 1.63. The average Bonchev–Trinajstić information content (AvgIpc) is 3.10. The minimum atomic E-state index is -1.34. The van der Waals surface area contributed by atoms with E-state index in [9.17, 15) is 9.18 Å². The van der Waals surface area contributed by atoms with E-state index >= 15 is 0 Å². The van der Waals surface area contributed by atoms with E-state index in [1.165, 1.54) is 21.9 Å². The fourth-order valence-corrected chi connectivity index (χ4v) is 6.96. The second-order valence-corrected chi connectivity index (χ2v) is 10.8. The van der Waals surface area contributed by atoms with Crippen LogP contribution in [-0.2, 0) is 4.79 Å². The Labute approximate surface area is 172 Å². The van der Waals surface area contributed by atoms with Crippen LogP contribution in [0.25, 0.3) is 6.08 Å². The molecule has 1 aliphatic rings. The van der Waals surface area contributed by atoms with Gasteiger partial charge in [-0.3, -0.25) is 4.79 Å². The maximum absolute atomic E-state index is 13.3. The summed E-state index contributed by atoms with van der Waals surface area (Å²) in [6.45, 7) is 0. The molecule has 0 saturated heterocycles. The van der Waals surface area contributed by atoms with Crippen LogP contribution in [0.4, 0.5) is 4.39 Å². The zero-order chi connectivity index (χ0) is 20.3. The van der Waals surface area contributed by atoms with Crippen molar-refractivity contribution < 1.29 is 9.18 Å². The molecule has 1 unspecified atom stereocenters. The molecule has 0 N–H and O–H groups in total. The van der Waals surface area contributed by atoms with Gasteiger partial charge in [0.05, 0.1) is 0 Å². The minimum Gasteiger partial charge on any atom is -0.290 e. The van der Waals surface area contributed by atoms with Crippen molar-refractivity contribution in [2.45, 2.75) is 9.79 Å². The quantitative estimate of drug-likeness (QED) is 0.444. The molecule has 3 aromatic carbocycles. The first-order chi connectivity index (χ1) is 14.1. The van der Waals surface area contributed by atoms with Crippen molar-refractivity contribution in [1.82, 2.24) is 0 Å². The second-order valence-electron chi connectivity index (χ2n) is 7.36. The van der Waals surface area contributed by atoms with Crippen LogP contribution in [0.3, 0.4) is 0 Å². The molecule has 0 saturated carbocycles. The van der Waals surface area contributed by atoms with Crippen molar-refractivity contribution in [2.75, 3.05) is 12.0 Å². The molecule has 1 atom stereocenters. The molecule has 3 aromatic rings. The van der Waals surface area contributed by atoms with Gasteiger partial charge in [0.2, 0.25) is 0 Å². The fourth-order valence-electron chi connectivity index (χ4n) is 3.78. The molecule has 146 valence electrons. The number of ketones is 1. The summed E-state index contributed by atoms with van der Waals surface area (Å²) in [4.78, 5) is 15.2. The van der Waals surface area contributed by atoms with E-state index < -0.39 is 10.0 Å². The highest BCUT2D eigenvalue weighted by Gasteiger charge is 2.31. The van der Waals surface area contributed by atoms with Gasteiger partial charge in [-0.1, -0.05) is 54.6 Å². The SMILES string of the molecule is CS(CC1C=CC(=O)/C1=C\c1ccc(F)cc1)(c1ccccc1)c1ccccc1. The van der Waals surface area contributed by atoms with Crippen LogP contribution in [0.15, 0.2) is 112 Å². The van der Waals surface area contributed by atoms with Crippen LogP contribution < -0.4 is 0 Å². The number of allylic oxidation sites excluding steroid dienone is 3. The van der Waals surface area contributed by atoms with E-state index in [1.807, 2.05) is 24.3 Å². The third-order valence-corrected chi connectivity index (χ3v) is 9.05. The number of hydrogen-bond acceptors (Lipinski definition) is 1. The van der Waals surface area contributed by atoms with Gasteiger partial charge in [-0.15, -0.1) is 0 Å². The highest BCUT2D eigenvalue weighted by atomic mass is 32.3. The highest BCUT2D eigenvalue weighted by molar-refractivity contribution is 8.33. The van der Waals surface area contributed by atoms with Gasteiger partial charge < -0.3 is 0 Å². The molecular formula is C26H23FOS. The Bertz CT molecular complexity index is 1010. The predicted molar refractivity (Wildman–Crippen MR) is 120 cm³/mol. The molecule has 0 aliphatic heterocycles. The Kier molecular flexibility index (Phi) is 5.50. The summed E-state index contributed by atoms with van der Waals surface area (Å²) in [5, 5.41) is 0. The van der Waals surface area contributed by atoms with Crippen molar-refractivity contribution >= 4 is 21.9 Å². The molecule has 0 radical (unpaired) electrons. The van der Waals surface area contributed by atoms with E-state index in [-0.39, 0.29) is 17.5 Å². The lowest BCUT2D eigenvalue weighted by molar-refractivity contribution is -0.111. The van der Waals surface area contributed by atoms with E-state index in [4.69, 9.17) is 0 Å². The maximum Gasteiger partial charge on any atom is 0.182 e. The predicted octanol–water partition coefficient (Wildman–Crippen LogP) is 6.52. The molecule has 29 heavy (non-hydrogen) atoms. The molecule has 1 aliphatic carbocycles. The van der Waals surface area contributed by atoms with Crippen LogP contribution >= 0.6 is 10.0 Å². The van der Waals surface area contributed by atoms with Crippen LogP contribution in [0.5, 0.6) is 0 Å². The average molecular weight is 403 g/mol. The summed E-state index contributed by atoms with van der Waals surface area (Å²) >= 11 is 0. The highest BCUT2D eigenvalue weighted by Crippen LogP contribution is 2.61. The molecule has 0 amide bonds. The van der Waals surface area contributed by atoms with Crippen LogP contribution in [0.1, 0.15) is 5.56 Å². The van der Waals surface area contributed by atoms with E-state index in [0.29, 0.717) is 0 Å². The summed E-state index contributed by atoms with van der Waals surface area (Å²) < 4.78 is 13.3.